The molecule has 0 spiro atoms. The lowest BCUT2D eigenvalue weighted by molar-refractivity contribution is 0.0321. The van der Waals surface area contributed by atoms with Crippen LogP contribution in [0, 0.1) is 0 Å². The molecule has 3 nitrogen and oxygen atoms in total. The lowest BCUT2D eigenvalue weighted by atomic mass is 10.0. The molecule has 0 heterocycles. The first-order chi connectivity index (χ1) is 11.4. The molecule has 0 aromatic heterocycles. The topological polar surface area (TPSA) is 38.3 Å². The fraction of sp³-hybridized carbons (Fsp3) is 0.400. The number of hydrogen-bond acceptors (Lipinski definition) is 2. The maximum absolute atomic E-state index is 12.6. The smallest absolute Gasteiger partial charge is 0.0976 e. The molecule has 0 saturated heterocycles. The van der Waals surface area contributed by atoms with Crippen molar-refractivity contribution >= 4 is 11.0 Å². The molecule has 0 aliphatic carbocycles. The Labute approximate surface area is 148 Å². The maximum Gasteiger partial charge on any atom is 0.0976 e. The average molecular weight is 346 g/mol. The maximum atomic E-state index is 12.6. The highest BCUT2D eigenvalue weighted by atomic mass is 32.2. The summed E-state index contributed by atoms with van der Waals surface area (Å²) in [6.45, 7) is 8.46. The molecule has 0 radical (unpaired) electrons. The van der Waals surface area contributed by atoms with E-state index in [2.05, 4.69) is 4.72 Å². The van der Waals surface area contributed by atoms with E-state index in [1.807, 2.05) is 88.4 Å². The molecule has 0 fully saturated rings. The van der Waals surface area contributed by atoms with Crippen LogP contribution >= 0.6 is 0 Å². The van der Waals surface area contributed by atoms with Crippen molar-refractivity contribution in [1.29, 1.82) is 0 Å². The van der Waals surface area contributed by atoms with Crippen LogP contribution in [0.2, 0.25) is 0 Å². The molecule has 24 heavy (non-hydrogen) atoms. The number of hydrogen-bond donors (Lipinski definition) is 1. The number of ether oxygens (including phenoxy) is 1. The van der Waals surface area contributed by atoms with Crippen molar-refractivity contribution in [3.05, 3.63) is 71.8 Å². The van der Waals surface area contributed by atoms with E-state index < -0.39 is 11.0 Å². The van der Waals surface area contributed by atoms with Gasteiger partial charge < -0.3 is 4.74 Å². The van der Waals surface area contributed by atoms with Gasteiger partial charge in [-0.25, -0.2) is 8.93 Å². The normalized spacial score (nSPS) is 15.7. The minimum absolute atomic E-state index is 0.112. The lowest BCUT2D eigenvalue weighted by Gasteiger charge is -2.29. The molecule has 4 heteroatoms. The van der Waals surface area contributed by atoms with Gasteiger partial charge in [0.25, 0.3) is 0 Å². The van der Waals surface area contributed by atoms with Crippen LogP contribution in [0.3, 0.4) is 0 Å². The zero-order valence-electron chi connectivity index (χ0n) is 14.9. The third-order valence-electron chi connectivity index (χ3n) is 3.77. The second kappa shape index (κ2) is 8.56. The van der Waals surface area contributed by atoms with Crippen LogP contribution in [0.4, 0.5) is 0 Å². The summed E-state index contributed by atoms with van der Waals surface area (Å²) in [5, 5.41) is 0. The van der Waals surface area contributed by atoms with Gasteiger partial charge >= 0.3 is 0 Å². The van der Waals surface area contributed by atoms with Gasteiger partial charge in [0, 0.05) is 0 Å². The highest BCUT2D eigenvalue weighted by Gasteiger charge is 2.27. The Kier molecular flexibility index (Phi) is 6.72. The summed E-state index contributed by atoms with van der Waals surface area (Å²) in [6.07, 6.45) is -0.112. The predicted octanol–water partition coefficient (Wildman–Crippen LogP) is 4.38. The number of rotatable bonds is 7. The van der Waals surface area contributed by atoms with Gasteiger partial charge in [0.1, 0.15) is 0 Å². The van der Waals surface area contributed by atoms with Crippen molar-refractivity contribution in [3.8, 4) is 0 Å². The van der Waals surface area contributed by atoms with E-state index in [9.17, 15) is 4.21 Å². The van der Waals surface area contributed by atoms with E-state index >= 15 is 0 Å². The van der Waals surface area contributed by atoms with Crippen molar-refractivity contribution in [2.75, 3.05) is 0 Å². The quantitative estimate of drug-likeness (QED) is 0.808. The summed E-state index contributed by atoms with van der Waals surface area (Å²) < 4.78 is 21.6. The highest BCUT2D eigenvalue weighted by Crippen LogP contribution is 2.23. The first-order valence-electron chi connectivity index (χ1n) is 8.26. The molecule has 2 aromatic carbocycles. The highest BCUT2D eigenvalue weighted by molar-refractivity contribution is 7.84. The molecule has 130 valence electrons. The summed E-state index contributed by atoms with van der Waals surface area (Å²) in [4.78, 5) is 0. The molecule has 0 saturated carbocycles. The molecule has 0 aliphatic rings. The minimum Gasteiger partial charge on any atom is -0.372 e. The summed E-state index contributed by atoms with van der Waals surface area (Å²) in [5.74, 6) is 0. The summed E-state index contributed by atoms with van der Waals surface area (Å²) >= 11 is 0. The minimum atomic E-state index is -1.17. The largest absolute Gasteiger partial charge is 0.372 e. The Balaban J connectivity index is 2.11. The first kappa shape index (κ1) is 18.8. The van der Waals surface area contributed by atoms with Crippen molar-refractivity contribution in [1.82, 2.24) is 4.72 Å². The van der Waals surface area contributed by atoms with Crippen LogP contribution in [-0.4, -0.2) is 15.1 Å². The van der Waals surface area contributed by atoms with E-state index in [0.717, 1.165) is 11.1 Å². The van der Waals surface area contributed by atoms with E-state index in [0.29, 0.717) is 6.61 Å². The molecule has 0 amide bonds. The molecule has 1 N–H and O–H groups in total. The summed E-state index contributed by atoms with van der Waals surface area (Å²) in [7, 11) is -1.17. The molecule has 3 atom stereocenters. The predicted molar refractivity (Wildman–Crippen MR) is 101 cm³/mol. The van der Waals surface area contributed by atoms with E-state index in [-0.39, 0.29) is 16.9 Å². The molecule has 0 bridgehead atoms. The SMILES string of the molecule is C[C@H](OCc1ccccc1)[C@H](N[S@](=O)C(C)(C)C)c1ccccc1. The van der Waals surface area contributed by atoms with Crippen LogP contribution < -0.4 is 4.72 Å². The van der Waals surface area contributed by atoms with Crippen LogP contribution in [0.1, 0.15) is 44.9 Å². The molecule has 0 aliphatic heterocycles. The standard InChI is InChI=1S/C20H27NO2S/c1-16(23-15-17-11-7-5-8-12-17)19(18-13-9-6-10-14-18)21-24(22)20(2,3)4/h5-14,16,19,21H,15H2,1-4H3/t16-,19-,24+/m0/s1. The van der Waals surface area contributed by atoms with Crippen LogP contribution in [-0.2, 0) is 22.3 Å². The van der Waals surface area contributed by atoms with Crippen molar-refractivity contribution in [2.45, 2.75) is 51.2 Å². The molecular weight excluding hydrogens is 318 g/mol. The van der Waals surface area contributed by atoms with Gasteiger partial charge in [0.15, 0.2) is 0 Å². The molecular formula is C20H27NO2S. The molecule has 2 rings (SSSR count). The lowest BCUT2D eigenvalue weighted by Crippen LogP contribution is -2.40. The van der Waals surface area contributed by atoms with Crippen molar-refractivity contribution in [3.63, 3.8) is 0 Å². The Morgan fingerprint density at radius 2 is 1.54 bits per heavy atom. The molecule has 2 aromatic rings. The van der Waals surface area contributed by atoms with Crippen LogP contribution in [0.25, 0.3) is 0 Å². The van der Waals surface area contributed by atoms with E-state index in [4.69, 9.17) is 4.74 Å². The Bertz CT molecular complexity index is 638. The van der Waals surface area contributed by atoms with Gasteiger partial charge in [-0.3, -0.25) is 0 Å². The van der Waals surface area contributed by atoms with Gasteiger partial charge in [-0.05, 0) is 38.8 Å². The van der Waals surface area contributed by atoms with Gasteiger partial charge in [0.2, 0.25) is 0 Å². The van der Waals surface area contributed by atoms with Gasteiger partial charge in [-0.1, -0.05) is 60.7 Å². The zero-order valence-corrected chi connectivity index (χ0v) is 15.7. The van der Waals surface area contributed by atoms with Crippen LogP contribution in [0.5, 0.6) is 0 Å². The average Bonchev–Trinajstić information content (AvgIpc) is 2.58. The van der Waals surface area contributed by atoms with Gasteiger partial charge in [-0.2, -0.15) is 0 Å². The van der Waals surface area contributed by atoms with Crippen molar-refractivity contribution in [2.24, 2.45) is 0 Å². The van der Waals surface area contributed by atoms with Gasteiger partial charge in [0.05, 0.1) is 34.5 Å². The fourth-order valence-electron chi connectivity index (χ4n) is 2.29. The number of nitrogens with one attached hydrogen (secondary N) is 1. The summed E-state index contributed by atoms with van der Waals surface area (Å²) in [6, 6.07) is 20.0. The van der Waals surface area contributed by atoms with E-state index in [1.54, 1.807) is 0 Å². The Morgan fingerprint density at radius 1 is 1.00 bits per heavy atom. The third-order valence-corrected chi connectivity index (χ3v) is 5.35. The second-order valence-electron chi connectivity index (χ2n) is 6.89. The fourth-order valence-corrected chi connectivity index (χ4v) is 3.20. The second-order valence-corrected chi connectivity index (χ2v) is 8.89. The Hall–Kier alpha value is -1.49. The first-order valence-corrected chi connectivity index (χ1v) is 9.41. The molecule has 0 unspecified atom stereocenters. The summed E-state index contributed by atoms with van der Waals surface area (Å²) in [5.41, 5.74) is 2.21. The third kappa shape index (κ3) is 5.55. The van der Waals surface area contributed by atoms with Crippen LogP contribution in [0.15, 0.2) is 60.7 Å². The number of benzene rings is 2. The monoisotopic (exact) mass is 345 g/mol. The van der Waals surface area contributed by atoms with E-state index in [1.165, 1.54) is 0 Å². The Morgan fingerprint density at radius 3 is 2.08 bits per heavy atom. The zero-order chi connectivity index (χ0) is 17.6. The van der Waals surface area contributed by atoms with Gasteiger partial charge in [-0.15, -0.1) is 0 Å². The van der Waals surface area contributed by atoms with Crippen molar-refractivity contribution < 1.29 is 8.95 Å².